The Balaban J connectivity index is 1.69. The van der Waals surface area contributed by atoms with Gasteiger partial charge in [-0.25, -0.2) is 0 Å². The van der Waals surface area contributed by atoms with Crippen molar-refractivity contribution in [2.45, 2.75) is 83.1 Å². The number of nitrogen functional groups attached to an aromatic ring is 2. The van der Waals surface area contributed by atoms with E-state index >= 15 is 0 Å². The molecule has 0 saturated heterocycles. The molecule has 4 nitrogen and oxygen atoms in total. The van der Waals surface area contributed by atoms with Crippen LogP contribution in [0.15, 0.2) is 48.5 Å². The number of unbranched alkanes of at least 4 members (excludes halogenated alkanes) is 9. The van der Waals surface area contributed by atoms with Gasteiger partial charge in [0.25, 0.3) is 0 Å². The van der Waals surface area contributed by atoms with Gasteiger partial charge in [0.05, 0.1) is 0 Å². The molecule has 30 heavy (non-hydrogen) atoms. The SMILES string of the molecule is CCCCCCCCCCCC[Si]C(Oc1ccc(N)cc1)Oc1ccc(N)cc1. The summed E-state index contributed by atoms with van der Waals surface area (Å²) in [4.78, 5) is 0. The molecule has 0 unspecified atom stereocenters. The van der Waals surface area contributed by atoms with E-state index in [2.05, 4.69) is 6.92 Å². The zero-order chi connectivity index (χ0) is 21.4. The van der Waals surface area contributed by atoms with Gasteiger partial charge in [0.15, 0.2) is 9.52 Å². The molecular weight excluding hydrogens is 388 g/mol. The van der Waals surface area contributed by atoms with Crippen LogP contribution in [0.3, 0.4) is 0 Å². The molecule has 4 N–H and O–H groups in total. The standard InChI is InChI=1S/C25H38N2O2Si/c1-2-3-4-5-6-7-8-9-10-11-20-30-25(28-23-16-12-21(26)13-17-23)29-24-18-14-22(27)15-19-24/h12-19,25H,2-11,20,26-27H2,1H3. The summed E-state index contributed by atoms with van der Waals surface area (Å²) in [6.07, 6.45) is 13.5. The van der Waals surface area contributed by atoms with Crippen LogP contribution in [-0.4, -0.2) is 15.4 Å². The minimum absolute atomic E-state index is 0.296. The van der Waals surface area contributed by atoms with Crippen LogP contribution in [0.2, 0.25) is 6.04 Å². The Morgan fingerprint density at radius 2 is 1.03 bits per heavy atom. The molecule has 0 aliphatic rings. The van der Waals surface area contributed by atoms with Crippen LogP contribution in [0, 0.1) is 0 Å². The van der Waals surface area contributed by atoms with Gasteiger partial charge in [-0.1, -0.05) is 77.2 Å². The zero-order valence-corrected chi connectivity index (χ0v) is 19.4. The maximum absolute atomic E-state index is 6.10. The molecule has 0 bridgehead atoms. The molecule has 2 aromatic rings. The highest BCUT2D eigenvalue weighted by Gasteiger charge is 2.14. The smallest absolute Gasteiger partial charge is 0.215 e. The van der Waals surface area contributed by atoms with E-state index in [9.17, 15) is 0 Å². The Hall–Kier alpha value is -2.14. The Morgan fingerprint density at radius 1 is 0.633 bits per heavy atom. The molecule has 0 aliphatic heterocycles. The first kappa shape index (κ1) is 24.1. The summed E-state index contributed by atoms with van der Waals surface area (Å²) < 4.78 is 12.2. The van der Waals surface area contributed by atoms with Crippen molar-refractivity contribution in [3.05, 3.63) is 48.5 Å². The van der Waals surface area contributed by atoms with Gasteiger partial charge in [-0.05, 0) is 48.5 Å². The van der Waals surface area contributed by atoms with E-state index in [1.54, 1.807) is 0 Å². The maximum atomic E-state index is 6.10. The number of benzene rings is 2. The van der Waals surface area contributed by atoms with Crippen LogP contribution in [0.4, 0.5) is 11.4 Å². The van der Waals surface area contributed by atoms with E-state index in [4.69, 9.17) is 20.9 Å². The third-order valence-corrected chi connectivity index (χ3v) is 6.30. The van der Waals surface area contributed by atoms with Crippen molar-refractivity contribution in [3.8, 4) is 11.5 Å². The lowest BCUT2D eigenvalue weighted by Crippen LogP contribution is -2.30. The van der Waals surface area contributed by atoms with Gasteiger partial charge in [0.1, 0.15) is 11.5 Å². The highest BCUT2D eigenvalue weighted by Crippen LogP contribution is 2.20. The second-order valence-corrected chi connectivity index (χ2v) is 9.22. The van der Waals surface area contributed by atoms with E-state index < -0.39 is 0 Å². The Bertz CT molecular complexity index is 629. The summed E-state index contributed by atoms with van der Waals surface area (Å²) in [5.41, 5.74) is 13.0. The second-order valence-electron chi connectivity index (χ2n) is 7.84. The van der Waals surface area contributed by atoms with E-state index in [0.717, 1.165) is 28.9 Å². The molecule has 0 atom stereocenters. The van der Waals surface area contributed by atoms with Gasteiger partial charge < -0.3 is 20.9 Å². The van der Waals surface area contributed by atoms with Crippen LogP contribution < -0.4 is 20.9 Å². The first-order valence-electron chi connectivity index (χ1n) is 11.4. The predicted octanol–water partition coefficient (Wildman–Crippen LogP) is 6.64. The highest BCUT2D eigenvalue weighted by atomic mass is 28.2. The summed E-state index contributed by atoms with van der Waals surface area (Å²) >= 11 is 0. The molecule has 0 fully saturated rings. The first-order valence-corrected chi connectivity index (χ1v) is 12.7. The molecule has 164 valence electrons. The lowest BCUT2D eigenvalue weighted by Gasteiger charge is -2.20. The molecule has 0 saturated carbocycles. The van der Waals surface area contributed by atoms with Crippen LogP contribution in [0.5, 0.6) is 11.5 Å². The Morgan fingerprint density at radius 3 is 1.47 bits per heavy atom. The molecule has 0 amide bonds. The van der Waals surface area contributed by atoms with E-state index in [-0.39, 0.29) is 5.91 Å². The number of anilines is 2. The monoisotopic (exact) mass is 426 g/mol. The van der Waals surface area contributed by atoms with Crippen molar-refractivity contribution < 1.29 is 9.47 Å². The Kier molecular flexibility index (Phi) is 11.9. The van der Waals surface area contributed by atoms with Gasteiger partial charge in [-0.3, -0.25) is 0 Å². The minimum atomic E-state index is -0.296. The second kappa shape index (κ2) is 14.8. The van der Waals surface area contributed by atoms with E-state index in [1.807, 2.05) is 48.5 Å². The number of ether oxygens (including phenoxy) is 2. The topological polar surface area (TPSA) is 70.5 Å². The first-order chi connectivity index (χ1) is 14.7. The molecule has 0 heterocycles. The predicted molar refractivity (Wildman–Crippen MR) is 129 cm³/mol. The average Bonchev–Trinajstić information content (AvgIpc) is 2.75. The molecule has 0 aromatic heterocycles. The van der Waals surface area contributed by atoms with Crippen molar-refractivity contribution in [1.29, 1.82) is 0 Å². The molecular formula is C25H38N2O2Si. The van der Waals surface area contributed by atoms with Crippen molar-refractivity contribution in [2.75, 3.05) is 11.5 Å². The summed E-state index contributed by atoms with van der Waals surface area (Å²) in [6.45, 7) is 2.27. The number of rotatable bonds is 16. The van der Waals surface area contributed by atoms with Gasteiger partial charge >= 0.3 is 0 Å². The van der Waals surface area contributed by atoms with Crippen molar-refractivity contribution in [2.24, 2.45) is 0 Å². The summed E-state index contributed by atoms with van der Waals surface area (Å²) in [5.74, 6) is 1.26. The van der Waals surface area contributed by atoms with Crippen molar-refractivity contribution >= 4 is 20.9 Å². The maximum Gasteiger partial charge on any atom is 0.215 e. The van der Waals surface area contributed by atoms with Crippen molar-refractivity contribution in [3.63, 3.8) is 0 Å². The van der Waals surface area contributed by atoms with Gasteiger partial charge in [0, 0.05) is 11.4 Å². The quantitative estimate of drug-likeness (QED) is 0.137. The molecule has 0 spiro atoms. The third-order valence-electron chi connectivity index (χ3n) is 5.09. The lowest BCUT2D eigenvalue weighted by atomic mass is 10.1. The lowest BCUT2D eigenvalue weighted by molar-refractivity contribution is 0.0731. The Labute approximate surface area is 185 Å². The van der Waals surface area contributed by atoms with E-state index in [1.165, 1.54) is 64.2 Å². The summed E-state index contributed by atoms with van der Waals surface area (Å²) in [7, 11) is 0.574. The van der Waals surface area contributed by atoms with E-state index in [0.29, 0.717) is 9.52 Å². The molecule has 2 rings (SSSR count). The number of hydrogen-bond acceptors (Lipinski definition) is 4. The minimum Gasteiger partial charge on any atom is -0.460 e. The normalized spacial score (nSPS) is 11.0. The summed E-state index contributed by atoms with van der Waals surface area (Å²) in [5, 5.41) is 0. The summed E-state index contributed by atoms with van der Waals surface area (Å²) in [6, 6.07) is 16.1. The largest absolute Gasteiger partial charge is 0.460 e. The number of hydrogen-bond donors (Lipinski definition) is 2. The fourth-order valence-electron chi connectivity index (χ4n) is 3.28. The molecule has 0 aliphatic carbocycles. The third kappa shape index (κ3) is 10.6. The molecule has 5 heteroatoms. The fourth-order valence-corrected chi connectivity index (χ4v) is 4.41. The average molecular weight is 427 g/mol. The van der Waals surface area contributed by atoms with Gasteiger partial charge in [-0.2, -0.15) is 0 Å². The van der Waals surface area contributed by atoms with Crippen LogP contribution in [0.25, 0.3) is 0 Å². The molecule has 2 radical (unpaired) electrons. The van der Waals surface area contributed by atoms with Gasteiger partial charge in [-0.15, -0.1) is 0 Å². The van der Waals surface area contributed by atoms with Crippen LogP contribution in [-0.2, 0) is 0 Å². The fraction of sp³-hybridized carbons (Fsp3) is 0.520. The van der Waals surface area contributed by atoms with Crippen LogP contribution >= 0.6 is 0 Å². The zero-order valence-electron chi connectivity index (χ0n) is 18.4. The van der Waals surface area contributed by atoms with Crippen LogP contribution in [0.1, 0.15) is 71.1 Å². The van der Waals surface area contributed by atoms with Gasteiger partial charge in [0.2, 0.25) is 5.91 Å². The molecule has 2 aromatic carbocycles. The highest BCUT2D eigenvalue weighted by molar-refractivity contribution is 6.36. The number of nitrogens with two attached hydrogens (primary N) is 2. The van der Waals surface area contributed by atoms with Crippen molar-refractivity contribution in [1.82, 2.24) is 0 Å².